The van der Waals surface area contributed by atoms with Gasteiger partial charge in [0.15, 0.2) is 0 Å². The summed E-state index contributed by atoms with van der Waals surface area (Å²) in [5.41, 5.74) is 0. The molecule has 1 rings (SSSR count). The second-order valence-corrected chi connectivity index (χ2v) is 4.26. The van der Waals surface area contributed by atoms with Gasteiger partial charge in [-0.25, -0.2) is 3.11 Å². The van der Waals surface area contributed by atoms with Crippen molar-refractivity contribution in [3.05, 3.63) is 0 Å². The zero-order valence-corrected chi connectivity index (χ0v) is 9.58. The Kier molecular flexibility index (Phi) is 3.92. The predicted octanol–water partition coefficient (Wildman–Crippen LogP) is 1.40. The molecule has 0 aromatic carbocycles. The van der Waals surface area contributed by atoms with Crippen molar-refractivity contribution in [2.24, 2.45) is 0 Å². The normalized spacial score (nSPS) is 30.9. The summed E-state index contributed by atoms with van der Waals surface area (Å²) in [6.07, 6.45) is 1.10. The molecule has 0 saturated carbocycles. The van der Waals surface area contributed by atoms with Crippen molar-refractivity contribution in [1.82, 2.24) is 3.11 Å². The molecule has 0 aromatic heterocycles. The van der Waals surface area contributed by atoms with Crippen LogP contribution in [-0.2, 0) is 9.53 Å². The van der Waals surface area contributed by atoms with Gasteiger partial charge in [-0.1, -0.05) is 0 Å². The lowest BCUT2D eigenvalue weighted by Gasteiger charge is -2.11. The summed E-state index contributed by atoms with van der Waals surface area (Å²) in [5, 5.41) is 0. The van der Waals surface area contributed by atoms with Gasteiger partial charge < -0.3 is 4.74 Å². The molecule has 70 valence electrons. The number of rotatable bonds is 3. The molecule has 1 aliphatic heterocycles. The van der Waals surface area contributed by atoms with Crippen LogP contribution >= 0.6 is 22.9 Å². The first-order valence-corrected chi connectivity index (χ1v) is 5.16. The number of nitrogens with zero attached hydrogens (tertiary/aromatic N) is 1. The maximum Gasteiger partial charge on any atom is 0.147 e. The van der Waals surface area contributed by atoms with Crippen molar-refractivity contribution in [3.63, 3.8) is 0 Å². The summed E-state index contributed by atoms with van der Waals surface area (Å²) in [5.74, 6) is 0.242. The van der Waals surface area contributed by atoms with Gasteiger partial charge in [-0.3, -0.25) is 4.79 Å². The van der Waals surface area contributed by atoms with Gasteiger partial charge in [-0.15, -0.1) is 0 Å². The monoisotopic (exact) mass is 283 g/mol. The highest BCUT2D eigenvalue weighted by Crippen LogP contribution is 2.24. The van der Waals surface area contributed by atoms with Gasteiger partial charge in [-0.05, 0) is 20.3 Å². The van der Waals surface area contributed by atoms with E-state index in [2.05, 4.69) is 22.9 Å². The minimum Gasteiger partial charge on any atom is -0.377 e. The summed E-state index contributed by atoms with van der Waals surface area (Å²) in [6, 6.07) is 0.0714. The second-order valence-electron chi connectivity index (χ2n) is 3.02. The van der Waals surface area contributed by atoms with Crippen molar-refractivity contribution in [2.45, 2.75) is 32.4 Å². The smallest absolute Gasteiger partial charge is 0.147 e. The molecule has 2 atom stereocenters. The minimum atomic E-state index is 0.0714. The number of ether oxygens (including phenoxy) is 1. The van der Waals surface area contributed by atoms with Crippen molar-refractivity contribution >= 4 is 28.6 Å². The molecule has 0 radical (unpaired) electrons. The molecule has 12 heavy (non-hydrogen) atoms. The zero-order valence-electron chi connectivity index (χ0n) is 7.42. The SMILES string of the molecule is CCO[C@H]1C[C@@H](C(C)=O)N(I)C1. The lowest BCUT2D eigenvalue weighted by molar-refractivity contribution is -0.119. The third-order valence-electron chi connectivity index (χ3n) is 2.07. The van der Waals surface area contributed by atoms with Crippen LogP contribution in [0, 0.1) is 0 Å². The van der Waals surface area contributed by atoms with E-state index >= 15 is 0 Å². The van der Waals surface area contributed by atoms with Crippen molar-refractivity contribution in [1.29, 1.82) is 0 Å². The summed E-state index contributed by atoms with van der Waals surface area (Å²) < 4.78 is 7.50. The molecular weight excluding hydrogens is 269 g/mol. The topological polar surface area (TPSA) is 29.5 Å². The van der Waals surface area contributed by atoms with Crippen LogP contribution in [0.3, 0.4) is 0 Å². The average molecular weight is 283 g/mol. The first-order valence-electron chi connectivity index (χ1n) is 4.19. The fraction of sp³-hybridized carbons (Fsp3) is 0.875. The average Bonchev–Trinajstić information content (AvgIpc) is 2.32. The fourth-order valence-electron chi connectivity index (χ4n) is 1.48. The van der Waals surface area contributed by atoms with E-state index in [9.17, 15) is 4.79 Å². The summed E-state index contributed by atoms with van der Waals surface area (Å²) in [7, 11) is 0. The molecule has 1 aliphatic rings. The molecule has 0 unspecified atom stereocenters. The van der Waals surface area contributed by atoms with Crippen molar-refractivity contribution in [3.8, 4) is 0 Å². The maximum absolute atomic E-state index is 11.1. The molecule has 0 bridgehead atoms. The lowest BCUT2D eigenvalue weighted by atomic mass is 10.1. The highest BCUT2D eigenvalue weighted by Gasteiger charge is 2.33. The Hall–Kier alpha value is 0.320. The van der Waals surface area contributed by atoms with Crippen LogP contribution in [-0.4, -0.2) is 34.2 Å². The van der Waals surface area contributed by atoms with Crippen LogP contribution in [0.15, 0.2) is 0 Å². The Bertz CT molecular complexity index is 174. The van der Waals surface area contributed by atoms with E-state index in [-0.39, 0.29) is 17.9 Å². The Balaban J connectivity index is 2.44. The molecule has 0 aromatic rings. The van der Waals surface area contributed by atoms with E-state index < -0.39 is 0 Å². The Morgan fingerprint density at radius 1 is 1.75 bits per heavy atom. The van der Waals surface area contributed by atoms with Crippen LogP contribution in [0.1, 0.15) is 20.3 Å². The molecule has 0 aliphatic carbocycles. The van der Waals surface area contributed by atoms with Gasteiger partial charge in [-0.2, -0.15) is 0 Å². The van der Waals surface area contributed by atoms with Crippen LogP contribution in [0.5, 0.6) is 0 Å². The van der Waals surface area contributed by atoms with E-state index in [4.69, 9.17) is 4.74 Å². The molecule has 0 N–H and O–H groups in total. The van der Waals surface area contributed by atoms with Gasteiger partial charge in [0.1, 0.15) is 5.78 Å². The standard InChI is InChI=1S/C8H14INO2/c1-3-12-7-4-8(6(2)11)10(9)5-7/h7-8H,3-5H2,1-2H3/t7-,8-/m0/s1. The molecule has 0 amide bonds. The number of ketones is 1. The highest BCUT2D eigenvalue weighted by molar-refractivity contribution is 14.1. The summed E-state index contributed by atoms with van der Waals surface area (Å²) in [6.45, 7) is 5.24. The molecule has 1 heterocycles. The number of hydrogen-bond acceptors (Lipinski definition) is 3. The van der Waals surface area contributed by atoms with E-state index in [1.807, 2.05) is 10.0 Å². The first-order chi connectivity index (χ1) is 5.65. The van der Waals surface area contributed by atoms with Crippen molar-refractivity contribution in [2.75, 3.05) is 13.2 Å². The lowest BCUT2D eigenvalue weighted by Crippen LogP contribution is -2.26. The maximum atomic E-state index is 11.1. The summed E-state index contributed by atoms with van der Waals surface area (Å²) >= 11 is 2.20. The Morgan fingerprint density at radius 2 is 2.42 bits per heavy atom. The molecule has 3 nitrogen and oxygen atoms in total. The van der Waals surface area contributed by atoms with E-state index in [1.54, 1.807) is 6.92 Å². The fourth-order valence-corrected chi connectivity index (χ4v) is 2.54. The molecule has 4 heteroatoms. The van der Waals surface area contributed by atoms with Crippen LogP contribution in [0.4, 0.5) is 0 Å². The molecular formula is C8H14INO2. The van der Waals surface area contributed by atoms with Gasteiger partial charge in [0.05, 0.1) is 12.1 Å². The molecule has 0 spiro atoms. The van der Waals surface area contributed by atoms with Gasteiger partial charge in [0.2, 0.25) is 0 Å². The van der Waals surface area contributed by atoms with Crippen LogP contribution < -0.4 is 0 Å². The van der Waals surface area contributed by atoms with Crippen LogP contribution in [0.2, 0.25) is 0 Å². The zero-order chi connectivity index (χ0) is 9.14. The van der Waals surface area contributed by atoms with E-state index in [0.717, 1.165) is 19.6 Å². The molecule has 1 saturated heterocycles. The minimum absolute atomic E-state index is 0.0714. The second kappa shape index (κ2) is 4.53. The van der Waals surface area contributed by atoms with Gasteiger partial charge >= 0.3 is 0 Å². The quantitative estimate of drug-likeness (QED) is 0.579. The number of Topliss-reactive ketones (excluding diaryl/α,β-unsaturated/α-hetero) is 1. The highest BCUT2D eigenvalue weighted by atomic mass is 127. The van der Waals surface area contributed by atoms with Crippen molar-refractivity contribution < 1.29 is 9.53 Å². The third-order valence-corrected chi connectivity index (χ3v) is 3.14. The van der Waals surface area contributed by atoms with E-state index in [0.29, 0.717) is 0 Å². The number of halogens is 1. The van der Waals surface area contributed by atoms with Gasteiger partial charge in [0, 0.05) is 36.0 Å². The third kappa shape index (κ3) is 2.40. The Labute approximate surface area is 86.9 Å². The Morgan fingerprint density at radius 3 is 2.83 bits per heavy atom. The van der Waals surface area contributed by atoms with Gasteiger partial charge in [0.25, 0.3) is 0 Å². The van der Waals surface area contributed by atoms with E-state index in [1.165, 1.54) is 0 Å². The number of carbonyl (C=O) groups is 1. The number of carbonyl (C=O) groups excluding carboxylic acids is 1. The first kappa shape index (κ1) is 10.4. The number of hydrogen-bond donors (Lipinski definition) is 0. The predicted molar refractivity (Wildman–Crippen MR) is 55.2 cm³/mol. The molecule has 1 fully saturated rings. The van der Waals surface area contributed by atoms with Crippen LogP contribution in [0.25, 0.3) is 0 Å². The summed E-state index contributed by atoms with van der Waals surface area (Å²) in [4.78, 5) is 11.1. The largest absolute Gasteiger partial charge is 0.377 e.